The average molecular weight is 787 g/mol. The fraction of sp³-hybridized carbons (Fsp3) is 0.0588. The van der Waals surface area contributed by atoms with Crippen LogP contribution in [0.2, 0.25) is 0 Å². The molecule has 10 nitrogen and oxygen atoms in total. The van der Waals surface area contributed by atoms with Crippen LogP contribution in [0.1, 0.15) is 34.0 Å². The fourth-order valence-electron chi connectivity index (χ4n) is 8.74. The van der Waals surface area contributed by atoms with Crippen LogP contribution in [0.25, 0.3) is 63.0 Å². The molecular weight excluding hydrogens is 753 g/mol. The molecule has 61 heavy (non-hydrogen) atoms. The maximum atomic E-state index is 5.06. The van der Waals surface area contributed by atoms with E-state index < -0.39 is 5.41 Å². The molecule has 11 rings (SSSR count). The van der Waals surface area contributed by atoms with Gasteiger partial charge in [-0.3, -0.25) is 19.9 Å². The predicted molar refractivity (Wildman–Crippen MR) is 234 cm³/mol. The highest BCUT2D eigenvalue weighted by Gasteiger charge is 2.53. The number of allylic oxidation sites excluding steroid dienone is 4. The van der Waals surface area contributed by atoms with Gasteiger partial charge >= 0.3 is 0 Å². The van der Waals surface area contributed by atoms with Crippen LogP contribution in [-0.4, -0.2) is 49.8 Å². The third kappa shape index (κ3) is 6.38. The molecular formula is C51H34N10. The highest BCUT2D eigenvalue weighted by Crippen LogP contribution is 2.60. The summed E-state index contributed by atoms with van der Waals surface area (Å²) in [5.41, 5.74) is 8.42. The van der Waals surface area contributed by atoms with Gasteiger partial charge in [-0.1, -0.05) is 115 Å². The van der Waals surface area contributed by atoms with Crippen molar-refractivity contribution >= 4 is 5.57 Å². The van der Waals surface area contributed by atoms with Gasteiger partial charge in [-0.2, -0.15) is 0 Å². The number of benzene rings is 3. The summed E-state index contributed by atoms with van der Waals surface area (Å²) >= 11 is 0. The van der Waals surface area contributed by atoms with Crippen LogP contribution in [0.4, 0.5) is 0 Å². The monoisotopic (exact) mass is 786 g/mol. The van der Waals surface area contributed by atoms with Gasteiger partial charge in [-0.25, -0.2) is 29.9 Å². The van der Waals surface area contributed by atoms with Crippen molar-refractivity contribution in [2.45, 2.75) is 11.3 Å². The van der Waals surface area contributed by atoms with Crippen LogP contribution in [0.15, 0.2) is 195 Å². The SMILES string of the molecule is C1=CC2c3ccc(-c4nc(-c5ccccn5)nc(-c5ccccn5)n4)cc3C(c3ccccc3)(c3ccccc3)C2C=C1c1nc(-c2ccccn2)nc(-c2ccccn2)n1. The summed E-state index contributed by atoms with van der Waals surface area (Å²) in [6, 6.07) is 51.1. The lowest BCUT2D eigenvalue weighted by Gasteiger charge is -2.39. The van der Waals surface area contributed by atoms with Gasteiger partial charge in [0.15, 0.2) is 34.9 Å². The summed E-state index contributed by atoms with van der Waals surface area (Å²) in [5, 5.41) is 0. The van der Waals surface area contributed by atoms with Crippen LogP contribution in [0.3, 0.4) is 0 Å². The molecule has 0 spiro atoms. The zero-order valence-electron chi connectivity index (χ0n) is 32.6. The molecule has 0 saturated carbocycles. The predicted octanol–water partition coefficient (Wildman–Crippen LogP) is 9.67. The maximum absolute atomic E-state index is 5.06. The largest absolute Gasteiger partial charge is 0.253 e. The Labute approximate surface area is 351 Å². The van der Waals surface area contributed by atoms with E-state index in [1.54, 1.807) is 24.8 Å². The molecule has 2 atom stereocenters. The molecule has 0 fully saturated rings. The first kappa shape index (κ1) is 35.9. The summed E-state index contributed by atoms with van der Waals surface area (Å²) in [5.74, 6) is 2.92. The number of rotatable bonds is 8. The van der Waals surface area contributed by atoms with E-state index in [1.807, 2.05) is 72.8 Å². The molecule has 0 radical (unpaired) electrons. The minimum atomic E-state index is -0.643. The van der Waals surface area contributed by atoms with Crippen molar-refractivity contribution in [2.24, 2.45) is 5.92 Å². The van der Waals surface area contributed by atoms with E-state index in [4.69, 9.17) is 29.9 Å². The third-order valence-corrected chi connectivity index (χ3v) is 11.4. The second-order valence-corrected chi connectivity index (χ2v) is 14.8. The van der Waals surface area contributed by atoms with Gasteiger partial charge in [-0.15, -0.1) is 0 Å². The highest BCUT2D eigenvalue weighted by molar-refractivity contribution is 5.78. The van der Waals surface area contributed by atoms with Crippen molar-refractivity contribution in [3.05, 3.63) is 223 Å². The standard InChI is InChI=1S/C51H34N10/c1-3-15-35(16-4-1)51(36-17-5-2-6-18-36)39-31-33(45-56-47(41-19-7-11-27-52-41)60-48(57-45)42-20-8-12-28-53-42)23-25-37(39)38-26-24-34(32-40(38)51)46-58-49(43-21-9-13-29-54-43)61-50(59-46)44-22-10-14-30-55-44/h1-32,37,39H. The topological polar surface area (TPSA) is 129 Å². The molecule has 0 aliphatic heterocycles. The number of aromatic nitrogens is 10. The molecule has 0 N–H and O–H groups in total. The van der Waals surface area contributed by atoms with E-state index in [9.17, 15) is 0 Å². The smallest absolute Gasteiger partial charge is 0.182 e. The first-order valence-corrected chi connectivity index (χ1v) is 20.1. The molecule has 2 aliphatic rings. The molecule has 0 bridgehead atoms. The first-order valence-electron chi connectivity index (χ1n) is 20.1. The van der Waals surface area contributed by atoms with Gasteiger partial charge in [0.25, 0.3) is 0 Å². The van der Waals surface area contributed by atoms with Crippen LogP contribution in [0, 0.1) is 5.92 Å². The van der Waals surface area contributed by atoms with Gasteiger partial charge in [-0.05, 0) is 76.9 Å². The number of pyridine rings is 4. The Hall–Kier alpha value is -8.24. The van der Waals surface area contributed by atoms with Gasteiger partial charge < -0.3 is 0 Å². The molecule has 6 aromatic heterocycles. The van der Waals surface area contributed by atoms with Crippen molar-refractivity contribution in [2.75, 3.05) is 0 Å². The Bertz CT molecular complexity index is 2920. The van der Waals surface area contributed by atoms with Gasteiger partial charge in [0, 0.05) is 47.8 Å². The molecule has 0 saturated heterocycles. The van der Waals surface area contributed by atoms with Gasteiger partial charge in [0.2, 0.25) is 0 Å². The van der Waals surface area contributed by atoms with E-state index in [-0.39, 0.29) is 11.8 Å². The molecule has 2 aliphatic carbocycles. The molecule has 0 amide bonds. The fourth-order valence-corrected chi connectivity index (χ4v) is 8.74. The number of nitrogens with zero attached hydrogens (tertiary/aromatic N) is 10. The molecule has 2 unspecified atom stereocenters. The Balaban J connectivity index is 1.13. The van der Waals surface area contributed by atoms with E-state index in [1.165, 1.54) is 5.56 Å². The third-order valence-electron chi connectivity index (χ3n) is 11.4. The normalized spacial score (nSPS) is 16.0. The molecule has 6 heterocycles. The van der Waals surface area contributed by atoms with E-state index >= 15 is 0 Å². The minimum absolute atomic E-state index is 0.0205. The second kappa shape index (κ2) is 15.2. The summed E-state index contributed by atoms with van der Waals surface area (Å²) < 4.78 is 0. The number of fused-ring (bicyclic) bond motifs is 3. The van der Waals surface area contributed by atoms with E-state index in [2.05, 4.69) is 117 Å². The number of hydrogen-bond donors (Lipinski definition) is 0. The Morgan fingerprint density at radius 2 is 0.820 bits per heavy atom. The van der Waals surface area contributed by atoms with Crippen molar-refractivity contribution in [1.29, 1.82) is 0 Å². The Morgan fingerprint density at radius 1 is 0.393 bits per heavy atom. The summed E-state index contributed by atoms with van der Waals surface area (Å²) in [6.07, 6.45) is 13.8. The van der Waals surface area contributed by atoms with E-state index in [0.29, 0.717) is 57.7 Å². The van der Waals surface area contributed by atoms with E-state index in [0.717, 1.165) is 27.8 Å². The lowest BCUT2D eigenvalue weighted by Crippen LogP contribution is -2.35. The van der Waals surface area contributed by atoms with Crippen LogP contribution < -0.4 is 0 Å². The van der Waals surface area contributed by atoms with Crippen LogP contribution in [-0.2, 0) is 5.41 Å². The van der Waals surface area contributed by atoms with Crippen molar-refractivity contribution in [1.82, 2.24) is 49.8 Å². The molecule has 10 heteroatoms. The number of hydrogen-bond acceptors (Lipinski definition) is 10. The first-order chi connectivity index (χ1) is 30.2. The zero-order chi connectivity index (χ0) is 40.6. The zero-order valence-corrected chi connectivity index (χ0v) is 32.6. The molecule has 288 valence electrons. The van der Waals surface area contributed by atoms with Crippen molar-refractivity contribution < 1.29 is 0 Å². The summed E-state index contributed by atoms with van der Waals surface area (Å²) in [7, 11) is 0. The molecule has 9 aromatic rings. The minimum Gasteiger partial charge on any atom is -0.253 e. The Morgan fingerprint density at radius 3 is 1.26 bits per heavy atom. The van der Waals surface area contributed by atoms with Crippen LogP contribution >= 0.6 is 0 Å². The van der Waals surface area contributed by atoms with Crippen LogP contribution in [0.5, 0.6) is 0 Å². The average Bonchev–Trinajstić information content (AvgIpc) is 3.65. The lowest BCUT2D eigenvalue weighted by molar-refractivity contribution is 0.458. The second-order valence-electron chi connectivity index (χ2n) is 14.8. The lowest BCUT2D eigenvalue weighted by atomic mass is 9.62. The van der Waals surface area contributed by atoms with Crippen molar-refractivity contribution in [3.8, 4) is 57.5 Å². The molecule has 3 aromatic carbocycles. The highest BCUT2D eigenvalue weighted by atomic mass is 15.1. The quantitative estimate of drug-likeness (QED) is 0.147. The maximum Gasteiger partial charge on any atom is 0.182 e. The van der Waals surface area contributed by atoms with Crippen molar-refractivity contribution in [3.63, 3.8) is 0 Å². The van der Waals surface area contributed by atoms with Gasteiger partial charge in [0.05, 0.1) is 5.41 Å². The Kier molecular flexibility index (Phi) is 8.92. The summed E-state index contributed by atoms with van der Waals surface area (Å²) in [4.78, 5) is 48.3. The van der Waals surface area contributed by atoms with Gasteiger partial charge in [0.1, 0.15) is 22.8 Å². The summed E-state index contributed by atoms with van der Waals surface area (Å²) in [6.45, 7) is 0.